The molecule has 4 rings (SSSR count). The Morgan fingerprint density at radius 2 is 1.88 bits per heavy atom. The number of aromatic nitrogens is 1. The number of carbonyl (C=O) groups is 1. The molecule has 0 radical (unpaired) electrons. The lowest BCUT2D eigenvalue weighted by Crippen LogP contribution is -2.17. The van der Waals surface area contributed by atoms with Crippen molar-refractivity contribution in [2.24, 2.45) is 5.10 Å². The SMILES string of the molecule is CCCOc1ccc(C(=O)N/N=C\c2cn(Cc3ccc(Cl)cc3Cl)c3ccccc23)cc1. The van der Waals surface area contributed by atoms with Crippen LogP contribution in [0.1, 0.15) is 34.8 Å². The summed E-state index contributed by atoms with van der Waals surface area (Å²) in [5.41, 5.74) is 6.00. The Kier molecular flexibility index (Phi) is 7.33. The van der Waals surface area contributed by atoms with Crippen molar-refractivity contribution in [3.8, 4) is 5.75 Å². The van der Waals surface area contributed by atoms with Crippen LogP contribution in [0.2, 0.25) is 10.0 Å². The van der Waals surface area contributed by atoms with Crippen LogP contribution in [0.5, 0.6) is 5.75 Å². The Balaban J connectivity index is 1.50. The van der Waals surface area contributed by atoms with Gasteiger partial charge in [0.25, 0.3) is 5.91 Å². The minimum Gasteiger partial charge on any atom is -0.494 e. The fraction of sp³-hybridized carbons (Fsp3) is 0.154. The standard InChI is InChI=1S/C26H23Cl2N3O2/c1-2-13-33-22-11-8-18(9-12-22)26(32)30-29-15-20-17-31(25-6-4-3-5-23(20)25)16-19-7-10-21(27)14-24(19)28/h3-12,14-15,17H,2,13,16H2,1H3,(H,30,32)/b29-15-. The fourth-order valence-electron chi connectivity index (χ4n) is 3.49. The van der Waals surface area contributed by atoms with Gasteiger partial charge in [0.15, 0.2) is 0 Å². The van der Waals surface area contributed by atoms with Gasteiger partial charge in [0, 0.05) is 44.8 Å². The summed E-state index contributed by atoms with van der Waals surface area (Å²) in [7, 11) is 0. The number of benzene rings is 3. The lowest BCUT2D eigenvalue weighted by molar-refractivity contribution is 0.0955. The van der Waals surface area contributed by atoms with Crippen molar-refractivity contribution in [1.29, 1.82) is 0 Å². The van der Waals surface area contributed by atoms with Gasteiger partial charge in [-0.1, -0.05) is 54.4 Å². The monoisotopic (exact) mass is 479 g/mol. The number of nitrogens with one attached hydrogen (secondary N) is 1. The zero-order valence-electron chi connectivity index (χ0n) is 18.1. The zero-order chi connectivity index (χ0) is 23.2. The minimum atomic E-state index is -0.287. The second-order valence-electron chi connectivity index (χ2n) is 7.54. The number of nitrogens with zero attached hydrogens (tertiary/aromatic N) is 2. The van der Waals surface area contributed by atoms with E-state index in [1.54, 1.807) is 36.5 Å². The smallest absolute Gasteiger partial charge is 0.271 e. The second kappa shape index (κ2) is 10.6. The van der Waals surface area contributed by atoms with Crippen LogP contribution in [0.4, 0.5) is 0 Å². The summed E-state index contributed by atoms with van der Waals surface area (Å²) in [5, 5.41) is 6.43. The summed E-state index contributed by atoms with van der Waals surface area (Å²) in [4.78, 5) is 12.4. The number of para-hydroxylation sites is 1. The molecule has 1 N–H and O–H groups in total. The predicted octanol–water partition coefficient (Wildman–Crippen LogP) is 6.55. The summed E-state index contributed by atoms with van der Waals surface area (Å²) < 4.78 is 7.65. The van der Waals surface area contributed by atoms with E-state index >= 15 is 0 Å². The molecule has 1 amide bonds. The lowest BCUT2D eigenvalue weighted by Gasteiger charge is -2.08. The largest absolute Gasteiger partial charge is 0.494 e. The van der Waals surface area contributed by atoms with Crippen LogP contribution in [0.15, 0.2) is 78.0 Å². The summed E-state index contributed by atoms with van der Waals surface area (Å²) in [6, 6.07) is 20.5. The van der Waals surface area contributed by atoms with Gasteiger partial charge in [0.1, 0.15) is 5.75 Å². The van der Waals surface area contributed by atoms with Gasteiger partial charge in [0.05, 0.1) is 12.8 Å². The normalized spacial score (nSPS) is 11.2. The molecule has 0 saturated heterocycles. The number of amides is 1. The molecule has 0 unspecified atom stereocenters. The van der Waals surface area contributed by atoms with Gasteiger partial charge < -0.3 is 9.30 Å². The molecule has 0 atom stereocenters. The van der Waals surface area contributed by atoms with Gasteiger partial charge in [-0.05, 0) is 54.4 Å². The molecule has 7 heteroatoms. The molecule has 0 spiro atoms. The maximum Gasteiger partial charge on any atom is 0.271 e. The van der Waals surface area contributed by atoms with Crippen LogP contribution in [-0.4, -0.2) is 23.3 Å². The molecule has 0 fully saturated rings. The molecule has 33 heavy (non-hydrogen) atoms. The van der Waals surface area contributed by atoms with Crippen molar-refractivity contribution >= 4 is 46.2 Å². The van der Waals surface area contributed by atoms with Gasteiger partial charge in [-0.2, -0.15) is 5.10 Å². The van der Waals surface area contributed by atoms with E-state index in [0.717, 1.165) is 34.2 Å². The average molecular weight is 480 g/mol. The van der Waals surface area contributed by atoms with Gasteiger partial charge in [-0.3, -0.25) is 4.79 Å². The highest BCUT2D eigenvalue weighted by Gasteiger charge is 2.10. The number of carbonyl (C=O) groups excluding carboxylic acids is 1. The van der Waals surface area contributed by atoms with E-state index in [9.17, 15) is 4.79 Å². The predicted molar refractivity (Wildman–Crippen MR) is 135 cm³/mol. The highest BCUT2D eigenvalue weighted by atomic mass is 35.5. The average Bonchev–Trinajstić information content (AvgIpc) is 3.17. The molecule has 0 aliphatic rings. The van der Waals surface area contributed by atoms with Crippen molar-refractivity contribution in [3.63, 3.8) is 0 Å². The number of hydrazone groups is 1. The first-order valence-electron chi connectivity index (χ1n) is 10.6. The Morgan fingerprint density at radius 3 is 2.64 bits per heavy atom. The number of rotatable bonds is 8. The van der Waals surface area contributed by atoms with E-state index in [0.29, 0.717) is 28.8 Å². The molecule has 1 aromatic heterocycles. The van der Waals surface area contributed by atoms with Crippen molar-refractivity contribution in [2.45, 2.75) is 19.9 Å². The molecule has 3 aromatic carbocycles. The van der Waals surface area contributed by atoms with Crippen LogP contribution < -0.4 is 10.2 Å². The minimum absolute atomic E-state index is 0.287. The van der Waals surface area contributed by atoms with Crippen LogP contribution in [-0.2, 0) is 6.54 Å². The first-order valence-corrected chi connectivity index (χ1v) is 11.4. The van der Waals surface area contributed by atoms with Crippen LogP contribution in [0, 0.1) is 0 Å². The van der Waals surface area contributed by atoms with Gasteiger partial charge >= 0.3 is 0 Å². The molecule has 4 aromatic rings. The zero-order valence-corrected chi connectivity index (χ0v) is 19.6. The van der Waals surface area contributed by atoms with Crippen LogP contribution in [0.3, 0.4) is 0 Å². The van der Waals surface area contributed by atoms with E-state index in [-0.39, 0.29) is 5.91 Å². The first-order chi connectivity index (χ1) is 16.0. The van der Waals surface area contributed by atoms with Gasteiger partial charge in [-0.15, -0.1) is 0 Å². The van der Waals surface area contributed by atoms with Crippen molar-refractivity contribution in [2.75, 3.05) is 6.61 Å². The highest BCUT2D eigenvalue weighted by molar-refractivity contribution is 6.35. The summed E-state index contributed by atoms with van der Waals surface area (Å²) in [6.45, 7) is 3.28. The van der Waals surface area contributed by atoms with E-state index in [1.165, 1.54) is 0 Å². The van der Waals surface area contributed by atoms with Crippen LogP contribution >= 0.6 is 23.2 Å². The van der Waals surface area contributed by atoms with Crippen molar-refractivity contribution in [3.05, 3.63) is 99.7 Å². The fourth-order valence-corrected chi connectivity index (χ4v) is 3.96. The molecule has 0 aliphatic carbocycles. The number of halogens is 2. The molecular weight excluding hydrogens is 457 g/mol. The first kappa shape index (κ1) is 22.9. The Bertz CT molecular complexity index is 1300. The summed E-state index contributed by atoms with van der Waals surface area (Å²) in [6.07, 6.45) is 4.57. The Hall–Kier alpha value is -3.28. The maximum atomic E-state index is 12.4. The van der Waals surface area contributed by atoms with E-state index in [4.69, 9.17) is 27.9 Å². The summed E-state index contributed by atoms with van der Waals surface area (Å²) >= 11 is 12.4. The van der Waals surface area contributed by atoms with Crippen LogP contribution in [0.25, 0.3) is 10.9 Å². The van der Waals surface area contributed by atoms with E-state index in [1.807, 2.05) is 49.5 Å². The molecular formula is C26H23Cl2N3O2. The highest BCUT2D eigenvalue weighted by Crippen LogP contribution is 2.25. The third-order valence-corrected chi connectivity index (χ3v) is 5.72. The van der Waals surface area contributed by atoms with E-state index < -0.39 is 0 Å². The summed E-state index contributed by atoms with van der Waals surface area (Å²) in [5.74, 6) is 0.454. The molecule has 0 bridgehead atoms. The topological polar surface area (TPSA) is 55.6 Å². The number of fused-ring (bicyclic) bond motifs is 1. The third-order valence-electron chi connectivity index (χ3n) is 5.13. The number of ether oxygens (including phenoxy) is 1. The molecule has 168 valence electrons. The number of hydrogen-bond acceptors (Lipinski definition) is 3. The molecule has 0 aliphatic heterocycles. The third kappa shape index (κ3) is 5.56. The Morgan fingerprint density at radius 1 is 1.09 bits per heavy atom. The van der Waals surface area contributed by atoms with Crippen molar-refractivity contribution < 1.29 is 9.53 Å². The second-order valence-corrected chi connectivity index (χ2v) is 8.38. The van der Waals surface area contributed by atoms with E-state index in [2.05, 4.69) is 15.1 Å². The Labute approximate surface area is 202 Å². The molecule has 0 saturated carbocycles. The number of hydrogen-bond donors (Lipinski definition) is 1. The quantitative estimate of drug-likeness (QED) is 0.230. The van der Waals surface area contributed by atoms with Gasteiger partial charge in [-0.25, -0.2) is 5.43 Å². The molecule has 5 nitrogen and oxygen atoms in total. The maximum absolute atomic E-state index is 12.4. The van der Waals surface area contributed by atoms with Crippen molar-refractivity contribution in [1.82, 2.24) is 9.99 Å². The van der Waals surface area contributed by atoms with Gasteiger partial charge in [0.2, 0.25) is 0 Å². The molecule has 1 heterocycles. The lowest BCUT2D eigenvalue weighted by atomic mass is 10.2.